The number of pyridine rings is 1. The first-order valence-electron chi connectivity index (χ1n) is 8.79. The van der Waals surface area contributed by atoms with Crippen LogP contribution in [-0.4, -0.2) is 51.8 Å². The number of para-hydroxylation sites is 1. The molecule has 3 unspecified atom stereocenters. The van der Waals surface area contributed by atoms with E-state index in [4.69, 9.17) is 4.98 Å². The van der Waals surface area contributed by atoms with Crippen molar-refractivity contribution in [3.8, 4) is 0 Å². The van der Waals surface area contributed by atoms with Crippen molar-refractivity contribution < 1.29 is 5.21 Å². The van der Waals surface area contributed by atoms with E-state index in [1.54, 1.807) is 18.5 Å². The Morgan fingerprint density at radius 2 is 1.96 bits per heavy atom. The van der Waals surface area contributed by atoms with Gasteiger partial charge < -0.3 is 5.32 Å². The number of benzene rings is 1. The van der Waals surface area contributed by atoms with Crippen molar-refractivity contribution in [2.75, 3.05) is 13.1 Å². The first kappa shape index (κ1) is 15.0. The van der Waals surface area contributed by atoms with Gasteiger partial charge >= 0.3 is 0 Å². The fourth-order valence-corrected chi connectivity index (χ4v) is 4.14. The number of likely N-dealkylation sites (tertiary alicyclic amines) is 1. The number of fused-ring (bicyclic) bond motifs is 2. The Bertz CT molecular complexity index is 839. The van der Waals surface area contributed by atoms with Gasteiger partial charge in [-0.3, -0.25) is 20.1 Å². The molecule has 0 amide bonds. The van der Waals surface area contributed by atoms with Crippen molar-refractivity contribution in [3.05, 3.63) is 54.4 Å². The molecule has 2 fully saturated rings. The Balaban J connectivity index is 1.17. The lowest BCUT2D eigenvalue weighted by Crippen LogP contribution is -2.45. The summed E-state index contributed by atoms with van der Waals surface area (Å²) in [4.78, 5) is 11.3. The molecule has 6 nitrogen and oxygen atoms in total. The lowest BCUT2D eigenvalue weighted by Gasteiger charge is -2.32. The molecule has 1 aromatic heterocycles. The molecule has 2 N–H and O–H groups in total. The third-order valence-corrected chi connectivity index (χ3v) is 5.50. The molecular weight excluding hydrogens is 314 g/mol. The van der Waals surface area contributed by atoms with Crippen LogP contribution in [0.5, 0.6) is 0 Å². The molecule has 1 saturated carbocycles. The van der Waals surface area contributed by atoms with Gasteiger partial charge in [-0.15, -0.1) is 0 Å². The molecule has 1 aliphatic carbocycles. The second-order valence-electron chi connectivity index (χ2n) is 7.05. The van der Waals surface area contributed by atoms with Gasteiger partial charge in [0.05, 0.1) is 11.2 Å². The zero-order chi connectivity index (χ0) is 16.8. The number of hydroxylamine groups is 2. The number of hydrogen-bond acceptors (Lipinski definition) is 6. The van der Waals surface area contributed by atoms with Gasteiger partial charge in [-0.2, -0.15) is 0 Å². The number of rotatable bonds is 4. The number of hydrogen-bond donors (Lipinski definition) is 2. The van der Waals surface area contributed by atoms with Gasteiger partial charge in [-0.25, -0.2) is 5.06 Å². The van der Waals surface area contributed by atoms with Crippen LogP contribution in [0.1, 0.15) is 5.69 Å². The van der Waals surface area contributed by atoms with E-state index >= 15 is 0 Å². The topological polar surface area (TPSA) is 64.0 Å². The number of aromatic nitrogens is 1. The molecule has 2 aliphatic heterocycles. The molecule has 3 atom stereocenters. The second-order valence-corrected chi connectivity index (χ2v) is 7.05. The van der Waals surface area contributed by atoms with E-state index in [-0.39, 0.29) is 6.29 Å². The van der Waals surface area contributed by atoms with Crippen molar-refractivity contribution in [2.24, 2.45) is 16.8 Å². The van der Waals surface area contributed by atoms with Gasteiger partial charge in [-0.1, -0.05) is 24.3 Å². The normalized spacial score (nSPS) is 30.8. The predicted molar refractivity (Wildman–Crippen MR) is 96.0 cm³/mol. The Labute approximate surface area is 146 Å². The molecule has 0 spiro atoms. The van der Waals surface area contributed by atoms with Gasteiger partial charge in [0, 0.05) is 43.5 Å². The number of piperidine rings is 1. The van der Waals surface area contributed by atoms with Crippen molar-refractivity contribution in [1.82, 2.24) is 20.3 Å². The summed E-state index contributed by atoms with van der Waals surface area (Å²) in [7, 11) is 0. The summed E-state index contributed by atoms with van der Waals surface area (Å²) in [6.45, 7) is 2.75. The van der Waals surface area contributed by atoms with E-state index in [0.717, 1.165) is 30.8 Å². The maximum absolute atomic E-state index is 9.90. The highest BCUT2D eigenvalue weighted by molar-refractivity contribution is 5.78. The van der Waals surface area contributed by atoms with Crippen molar-refractivity contribution in [2.45, 2.75) is 18.9 Å². The molecule has 6 heteroatoms. The van der Waals surface area contributed by atoms with Crippen molar-refractivity contribution in [1.29, 1.82) is 0 Å². The van der Waals surface area contributed by atoms with E-state index in [1.165, 1.54) is 10.4 Å². The first-order valence-corrected chi connectivity index (χ1v) is 8.79. The number of nitrogens with zero attached hydrogens (tertiary/aromatic N) is 4. The lowest BCUT2D eigenvalue weighted by atomic mass is 10.2. The number of allylic oxidation sites excluding steroid dienone is 1. The molecule has 1 saturated heterocycles. The first-order chi connectivity index (χ1) is 12.3. The van der Waals surface area contributed by atoms with E-state index in [2.05, 4.69) is 39.5 Å². The predicted octanol–water partition coefficient (Wildman–Crippen LogP) is 1.83. The Hall–Kier alpha value is -2.28. The van der Waals surface area contributed by atoms with Crippen molar-refractivity contribution >= 4 is 17.1 Å². The highest BCUT2D eigenvalue weighted by atomic mass is 16.5. The molecule has 1 aromatic carbocycles. The van der Waals surface area contributed by atoms with Gasteiger partial charge in [0.1, 0.15) is 0 Å². The highest BCUT2D eigenvalue weighted by Gasteiger charge is 2.56. The monoisotopic (exact) mass is 335 g/mol. The van der Waals surface area contributed by atoms with Gasteiger partial charge in [0.2, 0.25) is 6.29 Å². The third kappa shape index (κ3) is 2.72. The van der Waals surface area contributed by atoms with Gasteiger partial charge in [0.25, 0.3) is 0 Å². The van der Waals surface area contributed by atoms with Crippen LogP contribution < -0.4 is 5.32 Å². The zero-order valence-electron chi connectivity index (χ0n) is 13.9. The summed E-state index contributed by atoms with van der Waals surface area (Å²) >= 11 is 0. The minimum atomic E-state index is -0.263. The summed E-state index contributed by atoms with van der Waals surface area (Å²) < 4.78 is 0. The van der Waals surface area contributed by atoms with Crippen LogP contribution in [0.25, 0.3) is 10.9 Å². The summed E-state index contributed by atoms with van der Waals surface area (Å²) in [5, 5.41) is 15.9. The smallest absolute Gasteiger partial charge is 0.201 e. The van der Waals surface area contributed by atoms with Gasteiger partial charge in [0.15, 0.2) is 0 Å². The minimum Gasteiger partial charge on any atom is -0.308 e. The summed E-state index contributed by atoms with van der Waals surface area (Å²) in [5.74, 6) is 1.30. The lowest BCUT2D eigenvalue weighted by molar-refractivity contribution is -0.127. The summed E-state index contributed by atoms with van der Waals surface area (Å²) in [6.07, 6.45) is 4.89. The van der Waals surface area contributed by atoms with Crippen molar-refractivity contribution in [3.63, 3.8) is 0 Å². The quantitative estimate of drug-likeness (QED) is 0.892. The van der Waals surface area contributed by atoms with Crippen LogP contribution in [-0.2, 0) is 6.54 Å². The van der Waals surface area contributed by atoms with Crippen LogP contribution in [0.3, 0.4) is 0 Å². The second kappa shape index (κ2) is 5.91. The Kier molecular flexibility index (Phi) is 3.55. The molecule has 128 valence electrons. The fourth-order valence-electron chi connectivity index (χ4n) is 4.14. The van der Waals surface area contributed by atoms with E-state index in [1.807, 2.05) is 12.1 Å². The minimum absolute atomic E-state index is 0.263. The van der Waals surface area contributed by atoms with E-state index in [0.29, 0.717) is 17.9 Å². The molecule has 3 aliphatic rings. The molecule has 0 radical (unpaired) electrons. The molecule has 3 heterocycles. The Morgan fingerprint density at radius 1 is 1.12 bits per heavy atom. The number of aliphatic imine (C=N–C) groups is 1. The summed E-state index contributed by atoms with van der Waals surface area (Å²) in [6, 6.07) is 13.0. The Morgan fingerprint density at radius 3 is 2.80 bits per heavy atom. The van der Waals surface area contributed by atoms with Gasteiger partial charge in [-0.05, 0) is 30.0 Å². The van der Waals surface area contributed by atoms with Crippen LogP contribution in [0.15, 0.2) is 53.7 Å². The maximum atomic E-state index is 9.90. The molecule has 25 heavy (non-hydrogen) atoms. The standard InChI is InChI=1S/C19H21N5O/c25-24-9-3-8-20-19(24)23-11-15-16(12-23)18(15)21-10-14-7-6-13-4-1-2-5-17(13)22-14/h1-9,15-16,18-19,21,25H,10-12H2. The number of nitrogens with one attached hydrogen (secondary N) is 1. The average molecular weight is 335 g/mol. The summed E-state index contributed by atoms with van der Waals surface area (Å²) in [5.41, 5.74) is 2.14. The van der Waals surface area contributed by atoms with Crippen LogP contribution in [0.2, 0.25) is 0 Å². The largest absolute Gasteiger partial charge is 0.308 e. The highest BCUT2D eigenvalue weighted by Crippen LogP contribution is 2.46. The third-order valence-electron chi connectivity index (χ3n) is 5.50. The maximum Gasteiger partial charge on any atom is 0.201 e. The van der Waals surface area contributed by atoms with E-state index in [9.17, 15) is 5.21 Å². The fraction of sp³-hybridized carbons (Fsp3) is 0.368. The van der Waals surface area contributed by atoms with Crippen LogP contribution >= 0.6 is 0 Å². The molecular formula is C19H21N5O. The molecule has 0 bridgehead atoms. The average Bonchev–Trinajstić information content (AvgIpc) is 3.09. The van der Waals surface area contributed by atoms with Crippen LogP contribution in [0, 0.1) is 11.8 Å². The SMILES string of the molecule is ON1C=CC=NC1N1CC2C(C1)C2NCc1ccc2ccccc2n1. The molecule has 2 aromatic rings. The van der Waals surface area contributed by atoms with E-state index < -0.39 is 0 Å². The zero-order valence-corrected chi connectivity index (χ0v) is 13.9. The molecule has 5 rings (SSSR count). The van der Waals surface area contributed by atoms with Crippen LogP contribution in [0.4, 0.5) is 0 Å².